The second-order valence-corrected chi connectivity index (χ2v) is 6.69. The molecule has 1 saturated heterocycles. The number of hydrogen-bond donors (Lipinski definition) is 2. The van der Waals surface area contributed by atoms with Gasteiger partial charge in [-0.15, -0.1) is 0 Å². The molecule has 0 spiro atoms. The Labute approximate surface area is 156 Å². The first-order valence-electron chi connectivity index (χ1n) is 8.43. The number of phenols is 1. The van der Waals surface area contributed by atoms with Gasteiger partial charge in [0.15, 0.2) is 16.7 Å². The van der Waals surface area contributed by atoms with Crippen molar-refractivity contribution in [3.8, 4) is 11.5 Å². The molecule has 134 valence electrons. The SMILES string of the molecule is CCOc1cc(C=C2SC(=Nc3ccc(CC)cc3)NC2=O)ccc1O. The molecule has 2 aromatic rings. The average Bonchev–Trinajstić information content (AvgIpc) is 2.98. The number of phenolic OH excluding ortho intramolecular Hbond substituents is 1. The quantitative estimate of drug-likeness (QED) is 0.774. The highest BCUT2D eigenvalue weighted by molar-refractivity contribution is 8.18. The first-order chi connectivity index (χ1) is 12.6. The number of aliphatic imine (C=N–C) groups is 1. The summed E-state index contributed by atoms with van der Waals surface area (Å²) < 4.78 is 5.38. The summed E-state index contributed by atoms with van der Waals surface area (Å²) in [4.78, 5) is 17.2. The van der Waals surface area contributed by atoms with Crippen molar-refractivity contribution in [1.29, 1.82) is 0 Å². The van der Waals surface area contributed by atoms with E-state index in [-0.39, 0.29) is 11.7 Å². The Morgan fingerprint density at radius 3 is 2.65 bits per heavy atom. The van der Waals surface area contributed by atoms with Crippen molar-refractivity contribution in [2.24, 2.45) is 4.99 Å². The molecule has 5 nitrogen and oxygen atoms in total. The van der Waals surface area contributed by atoms with Gasteiger partial charge in [-0.1, -0.05) is 25.1 Å². The van der Waals surface area contributed by atoms with Gasteiger partial charge in [0, 0.05) is 0 Å². The van der Waals surface area contributed by atoms with E-state index < -0.39 is 0 Å². The van der Waals surface area contributed by atoms with Crippen LogP contribution in [0.5, 0.6) is 11.5 Å². The van der Waals surface area contributed by atoms with Crippen molar-refractivity contribution in [3.63, 3.8) is 0 Å². The molecule has 1 aliphatic rings. The fourth-order valence-corrected chi connectivity index (χ4v) is 3.29. The molecular weight excluding hydrogens is 348 g/mol. The highest BCUT2D eigenvalue weighted by Gasteiger charge is 2.23. The van der Waals surface area contributed by atoms with Crippen molar-refractivity contribution in [1.82, 2.24) is 5.32 Å². The zero-order valence-corrected chi connectivity index (χ0v) is 15.5. The summed E-state index contributed by atoms with van der Waals surface area (Å²) in [6.45, 7) is 4.41. The molecule has 0 bridgehead atoms. The normalized spacial score (nSPS) is 16.9. The minimum atomic E-state index is -0.190. The first-order valence-corrected chi connectivity index (χ1v) is 9.25. The van der Waals surface area contributed by atoms with Crippen molar-refractivity contribution >= 4 is 34.6 Å². The zero-order valence-electron chi connectivity index (χ0n) is 14.7. The molecule has 2 N–H and O–H groups in total. The van der Waals surface area contributed by atoms with Crippen LogP contribution in [0.25, 0.3) is 6.08 Å². The van der Waals surface area contributed by atoms with Gasteiger partial charge >= 0.3 is 0 Å². The van der Waals surface area contributed by atoms with Crippen molar-refractivity contribution < 1.29 is 14.6 Å². The third-order valence-electron chi connectivity index (χ3n) is 3.81. The predicted octanol–water partition coefficient (Wildman–Crippen LogP) is 4.24. The molecule has 6 heteroatoms. The Bertz CT molecular complexity index is 873. The number of amides is 1. The standard InChI is InChI=1S/C20H20N2O3S/c1-3-13-5-8-15(9-6-13)21-20-22-19(24)18(26-20)12-14-7-10-16(23)17(11-14)25-4-2/h5-12,23H,3-4H2,1-2H3,(H,21,22,24). The van der Waals surface area contributed by atoms with Crippen LogP contribution in [-0.2, 0) is 11.2 Å². The van der Waals surface area contributed by atoms with E-state index in [0.717, 1.165) is 17.7 Å². The summed E-state index contributed by atoms with van der Waals surface area (Å²) in [6, 6.07) is 12.9. The van der Waals surface area contributed by atoms with Crippen LogP contribution in [0.15, 0.2) is 52.4 Å². The van der Waals surface area contributed by atoms with E-state index in [1.165, 1.54) is 17.3 Å². The minimum absolute atomic E-state index is 0.0790. The lowest BCUT2D eigenvalue weighted by molar-refractivity contribution is -0.115. The molecule has 0 unspecified atom stereocenters. The molecule has 26 heavy (non-hydrogen) atoms. The topological polar surface area (TPSA) is 70.9 Å². The fraction of sp³-hybridized carbons (Fsp3) is 0.200. The summed E-state index contributed by atoms with van der Waals surface area (Å²) in [7, 11) is 0. The minimum Gasteiger partial charge on any atom is -0.504 e. The Morgan fingerprint density at radius 2 is 1.96 bits per heavy atom. The molecule has 1 heterocycles. The number of ether oxygens (including phenoxy) is 1. The number of aromatic hydroxyl groups is 1. The van der Waals surface area contributed by atoms with Crippen LogP contribution in [0, 0.1) is 0 Å². The van der Waals surface area contributed by atoms with Crippen LogP contribution >= 0.6 is 11.8 Å². The van der Waals surface area contributed by atoms with E-state index in [1.807, 2.05) is 31.2 Å². The van der Waals surface area contributed by atoms with Crippen LogP contribution in [0.2, 0.25) is 0 Å². The summed E-state index contributed by atoms with van der Waals surface area (Å²) in [6.07, 6.45) is 2.73. The number of aryl methyl sites for hydroxylation is 1. The Balaban J connectivity index is 1.79. The third kappa shape index (κ3) is 4.26. The number of rotatable bonds is 5. The summed E-state index contributed by atoms with van der Waals surface area (Å²) >= 11 is 1.29. The maximum Gasteiger partial charge on any atom is 0.264 e. The number of hydrogen-bond acceptors (Lipinski definition) is 5. The first kappa shape index (κ1) is 18.1. The summed E-state index contributed by atoms with van der Waals surface area (Å²) in [5.74, 6) is 0.287. The number of benzene rings is 2. The summed E-state index contributed by atoms with van der Waals surface area (Å²) in [5.41, 5.74) is 2.82. The maximum atomic E-state index is 12.2. The van der Waals surface area contributed by atoms with Crippen LogP contribution < -0.4 is 10.1 Å². The molecule has 0 radical (unpaired) electrons. The van der Waals surface area contributed by atoms with Gasteiger partial charge in [-0.25, -0.2) is 4.99 Å². The lowest BCUT2D eigenvalue weighted by atomic mass is 10.2. The highest BCUT2D eigenvalue weighted by Crippen LogP contribution is 2.31. The highest BCUT2D eigenvalue weighted by atomic mass is 32.2. The number of carbonyl (C=O) groups is 1. The molecule has 1 fully saturated rings. The molecule has 0 aromatic heterocycles. The van der Waals surface area contributed by atoms with E-state index in [1.54, 1.807) is 24.3 Å². The van der Waals surface area contributed by atoms with Gasteiger partial charge in [0.2, 0.25) is 0 Å². The lowest BCUT2D eigenvalue weighted by Crippen LogP contribution is -2.19. The van der Waals surface area contributed by atoms with E-state index in [9.17, 15) is 9.90 Å². The van der Waals surface area contributed by atoms with E-state index in [2.05, 4.69) is 17.2 Å². The molecule has 1 amide bonds. The van der Waals surface area contributed by atoms with Gasteiger partial charge in [0.1, 0.15) is 0 Å². The molecule has 0 atom stereocenters. The predicted molar refractivity (Wildman–Crippen MR) is 106 cm³/mol. The number of nitrogens with one attached hydrogen (secondary N) is 1. The second kappa shape index (κ2) is 8.10. The number of carbonyl (C=O) groups excluding carboxylic acids is 1. The van der Waals surface area contributed by atoms with E-state index >= 15 is 0 Å². The Hall–Kier alpha value is -2.73. The largest absolute Gasteiger partial charge is 0.504 e. The Kier molecular flexibility index (Phi) is 5.63. The number of nitrogens with zero attached hydrogens (tertiary/aromatic N) is 1. The van der Waals surface area contributed by atoms with E-state index in [0.29, 0.717) is 22.4 Å². The molecule has 1 aliphatic heterocycles. The maximum absolute atomic E-state index is 12.2. The van der Waals surface area contributed by atoms with Gasteiger partial charge < -0.3 is 15.2 Å². The van der Waals surface area contributed by atoms with Gasteiger partial charge in [-0.05, 0) is 66.6 Å². The van der Waals surface area contributed by atoms with Gasteiger partial charge in [-0.3, -0.25) is 4.79 Å². The van der Waals surface area contributed by atoms with Crippen molar-refractivity contribution in [2.75, 3.05) is 6.61 Å². The van der Waals surface area contributed by atoms with Crippen molar-refractivity contribution in [2.45, 2.75) is 20.3 Å². The number of amidine groups is 1. The van der Waals surface area contributed by atoms with Gasteiger partial charge in [0.05, 0.1) is 17.2 Å². The van der Waals surface area contributed by atoms with Crippen molar-refractivity contribution in [3.05, 3.63) is 58.5 Å². The lowest BCUT2D eigenvalue weighted by Gasteiger charge is -2.06. The second-order valence-electron chi connectivity index (χ2n) is 5.66. The molecule has 0 aliphatic carbocycles. The van der Waals surface area contributed by atoms with Gasteiger partial charge in [-0.2, -0.15) is 0 Å². The van der Waals surface area contributed by atoms with Crippen LogP contribution in [-0.4, -0.2) is 22.8 Å². The molecule has 2 aromatic carbocycles. The summed E-state index contributed by atoms with van der Waals surface area (Å²) in [5, 5.41) is 13.1. The number of thioether (sulfide) groups is 1. The van der Waals surface area contributed by atoms with Gasteiger partial charge in [0.25, 0.3) is 5.91 Å². The molecule has 3 rings (SSSR count). The smallest absolute Gasteiger partial charge is 0.264 e. The zero-order chi connectivity index (χ0) is 18.5. The molecule has 0 saturated carbocycles. The monoisotopic (exact) mass is 368 g/mol. The van der Waals surface area contributed by atoms with Crippen LogP contribution in [0.3, 0.4) is 0 Å². The molecular formula is C20H20N2O3S. The average molecular weight is 368 g/mol. The van der Waals surface area contributed by atoms with E-state index in [4.69, 9.17) is 4.74 Å². The third-order valence-corrected chi connectivity index (χ3v) is 4.72. The van der Waals surface area contributed by atoms with Crippen LogP contribution in [0.1, 0.15) is 25.0 Å². The fourth-order valence-electron chi connectivity index (χ4n) is 2.45. The van der Waals surface area contributed by atoms with Crippen LogP contribution in [0.4, 0.5) is 5.69 Å². The Morgan fingerprint density at radius 1 is 1.19 bits per heavy atom.